The first-order valence-corrected chi connectivity index (χ1v) is 5.55. The first-order valence-electron chi connectivity index (χ1n) is 4.43. The molecule has 0 radical (unpaired) electrons. The molecular formula is C10H12BrNO3. The number of phenolic OH excluding ortho intramolecular Hbond substituents is 2. The quantitative estimate of drug-likeness (QED) is 0.579. The summed E-state index contributed by atoms with van der Waals surface area (Å²) in [4.78, 5) is 11.6. The Kier molecular flexibility index (Phi) is 3.96. The number of hydrogen-bond acceptors (Lipinski definition) is 3. The third-order valence-corrected chi connectivity index (χ3v) is 2.82. The number of benzene rings is 1. The molecular weight excluding hydrogens is 262 g/mol. The second kappa shape index (κ2) is 5.02. The van der Waals surface area contributed by atoms with Gasteiger partial charge in [-0.1, -0.05) is 15.9 Å². The Morgan fingerprint density at radius 2 is 2.13 bits per heavy atom. The minimum atomic E-state index is -0.297. The Hall–Kier alpha value is -1.23. The van der Waals surface area contributed by atoms with E-state index in [0.717, 1.165) is 0 Å². The van der Waals surface area contributed by atoms with E-state index in [9.17, 15) is 9.90 Å². The van der Waals surface area contributed by atoms with Gasteiger partial charge in [-0.15, -0.1) is 0 Å². The van der Waals surface area contributed by atoms with Gasteiger partial charge in [0.15, 0.2) is 11.5 Å². The lowest BCUT2D eigenvalue weighted by Gasteiger charge is -2.10. The molecule has 0 aliphatic carbocycles. The van der Waals surface area contributed by atoms with Crippen molar-refractivity contribution in [2.45, 2.75) is 13.0 Å². The zero-order chi connectivity index (χ0) is 11.4. The van der Waals surface area contributed by atoms with E-state index in [1.165, 1.54) is 18.2 Å². The Bertz CT molecular complexity index is 368. The van der Waals surface area contributed by atoms with Gasteiger partial charge in [0, 0.05) is 16.9 Å². The van der Waals surface area contributed by atoms with Crippen molar-refractivity contribution in [3.63, 3.8) is 0 Å². The number of halogens is 1. The van der Waals surface area contributed by atoms with Gasteiger partial charge >= 0.3 is 0 Å². The minimum absolute atomic E-state index is 0.00782. The van der Waals surface area contributed by atoms with Crippen LogP contribution >= 0.6 is 15.9 Å². The van der Waals surface area contributed by atoms with Crippen LogP contribution in [0.5, 0.6) is 11.5 Å². The van der Waals surface area contributed by atoms with Crippen molar-refractivity contribution in [3.05, 3.63) is 23.8 Å². The number of rotatable bonds is 3. The highest BCUT2D eigenvalue weighted by molar-refractivity contribution is 9.09. The minimum Gasteiger partial charge on any atom is -0.504 e. The van der Waals surface area contributed by atoms with Crippen LogP contribution in [-0.2, 0) is 0 Å². The summed E-state index contributed by atoms with van der Waals surface area (Å²) < 4.78 is 0. The molecule has 1 amide bonds. The highest BCUT2D eigenvalue weighted by Crippen LogP contribution is 2.24. The number of carbonyl (C=O) groups excluding carboxylic acids is 1. The largest absolute Gasteiger partial charge is 0.504 e. The van der Waals surface area contributed by atoms with E-state index >= 15 is 0 Å². The fourth-order valence-electron chi connectivity index (χ4n) is 1.01. The molecule has 1 aromatic carbocycles. The second-order valence-electron chi connectivity index (χ2n) is 3.23. The number of amides is 1. The molecule has 4 nitrogen and oxygen atoms in total. The number of carbonyl (C=O) groups is 1. The van der Waals surface area contributed by atoms with Gasteiger partial charge in [-0.05, 0) is 25.1 Å². The summed E-state index contributed by atoms with van der Waals surface area (Å²) in [5.41, 5.74) is 0.318. The summed E-state index contributed by atoms with van der Waals surface area (Å²) in [6.45, 7) is 1.85. The van der Waals surface area contributed by atoms with Gasteiger partial charge in [0.05, 0.1) is 0 Å². The molecule has 0 bridgehead atoms. The molecule has 1 aromatic rings. The lowest BCUT2D eigenvalue weighted by atomic mass is 10.2. The monoisotopic (exact) mass is 273 g/mol. The van der Waals surface area contributed by atoms with E-state index in [2.05, 4.69) is 21.2 Å². The maximum atomic E-state index is 11.6. The lowest BCUT2D eigenvalue weighted by molar-refractivity contribution is 0.0943. The van der Waals surface area contributed by atoms with Crippen LogP contribution in [0.25, 0.3) is 0 Å². The van der Waals surface area contributed by atoms with Crippen molar-refractivity contribution in [3.8, 4) is 11.5 Å². The van der Waals surface area contributed by atoms with E-state index in [4.69, 9.17) is 5.11 Å². The molecule has 0 saturated carbocycles. The van der Waals surface area contributed by atoms with E-state index in [0.29, 0.717) is 10.9 Å². The molecule has 0 fully saturated rings. The van der Waals surface area contributed by atoms with Crippen LogP contribution in [0.1, 0.15) is 17.3 Å². The molecule has 0 spiro atoms. The van der Waals surface area contributed by atoms with E-state index in [-0.39, 0.29) is 23.4 Å². The maximum absolute atomic E-state index is 11.6. The normalized spacial score (nSPS) is 12.1. The van der Waals surface area contributed by atoms with Gasteiger partial charge < -0.3 is 15.5 Å². The summed E-state index contributed by atoms with van der Waals surface area (Å²) in [6.07, 6.45) is 0. The molecule has 0 aromatic heterocycles. The summed E-state index contributed by atoms with van der Waals surface area (Å²) in [5.74, 6) is -0.813. The van der Waals surface area contributed by atoms with E-state index < -0.39 is 0 Å². The second-order valence-corrected chi connectivity index (χ2v) is 3.88. The van der Waals surface area contributed by atoms with Crippen molar-refractivity contribution in [1.29, 1.82) is 0 Å². The first-order chi connectivity index (χ1) is 7.04. The summed E-state index contributed by atoms with van der Waals surface area (Å²) >= 11 is 3.24. The Morgan fingerprint density at radius 1 is 1.47 bits per heavy atom. The number of phenols is 2. The molecule has 0 aliphatic heterocycles. The van der Waals surface area contributed by atoms with Crippen LogP contribution in [0.3, 0.4) is 0 Å². The molecule has 1 rings (SSSR count). The zero-order valence-electron chi connectivity index (χ0n) is 8.20. The van der Waals surface area contributed by atoms with Gasteiger partial charge in [-0.25, -0.2) is 0 Å². The molecule has 3 N–H and O–H groups in total. The first kappa shape index (κ1) is 11.8. The van der Waals surface area contributed by atoms with Crippen LogP contribution in [0.2, 0.25) is 0 Å². The predicted octanol–water partition coefficient (Wildman–Crippen LogP) is 1.61. The van der Waals surface area contributed by atoms with Gasteiger partial charge in [-0.3, -0.25) is 4.79 Å². The molecule has 5 heteroatoms. The molecule has 0 heterocycles. The molecule has 0 aliphatic rings. The Balaban J connectivity index is 2.78. The van der Waals surface area contributed by atoms with Crippen LogP contribution in [-0.4, -0.2) is 27.5 Å². The summed E-state index contributed by atoms with van der Waals surface area (Å²) in [7, 11) is 0. The Labute approximate surface area is 96.1 Å². The van der Waals surface area contributed by atoms with E-state index in [1.54, 1.807) is 0 Å². The molecule has 0 saturated heterocycles. The SMILES string of the molecule is CC(CBr)NC(=O)c1ccc(O)c(O)c1. The highest BCUT2D eigenvalue weighted by Gasteiger charge is 2.10. The van der Waals surface area contributed by atoms with Crippen LogP contribution in [0.4, 0.5) is 0 Å². The fourth-order valence-corrected chi connectivity index (χ4v) is 1.17. The predicted molar refractivity (Wildman–Crippen MR) is 60.5 cm³/mol. The van der Waals surface area contributed by atoms with Gasteiger partial charge in [0.1, 0.15) is 0 Å². The molecule has 82 valence electrons. The van der Waals surface area contributed by atoms with Gasteiger partial charge in [0.25, 0.3) is 5.91 Å². The fraction of sp³-hybridized carbons (Fsp3) is 0.300. The van der Waals surface area contributed by atoms with Crippen LogP contribution < -0.4 is 5.32 Å². The lowest BCUT2D eigenvalue weighted by Crippen LogP contribution is -2.33. The third kappa shape index (κ3) is 3.13. The van der Waals surface area contributed by atoms with Crippen molar-refractivity contribution in [2.75, 3.05) is 5.33 Å². The average Bonchev–Trinajstić information content (AvgIpc) is 2.21. The number of nitrogens with one attached hydrogen (secondary N) is 1. The number of aromatic hydroxyl groups is 2. The standard InChI is InChI=1S/C10H12BrNO3/c1-6(5-11)12-10(15)7-2-3-8(13)9(14)4-7/h2-4,6,13-14H,5H2,1H3,(H,12,15). The maximum Gasteiger partial charge on any atom is 0.251 e. The number of hydrogen-bond donors (Lipinski definition) is 3. The summed E-state index contributed by atoms with van der Waals surface area (Å²) in [5, 5.41) is 21.6. The molecule has 1 atom stereocenters. The smallest absolute Gasteiger partial charge is 0.251 e. The van der Waals surface area contributed by atoms with Crippen LogP contribution in [0, 0.1) is 0 Å². The average molecular weight is 274 g/mol. The zero-order valence-corrected chi connectivity index (χ0v) is 9.78. The Morgan fingerprint density at radius 3 is 2.67 bits per heavy atom. The van der Waals surface area contributed by atoms with Crippen molar-refractivity contribution in [2.24, 2.45) is 0 Å². The van der Waals surface area contributed by atoms with Gasteiger partial charge in [0.2, 0.25) is 0 Å². The van der Waals surface area contributed by atoms with E-state index in [1.807, 2.05) is 6.92 Å². The van der Waals surface area contributed by atoms with Crippen molar-refractivity contribution >= 4 is 21.8 Å². The van der Waals surface area contributed by atoms with Crippen LogP contribution in [0.15, 0.2) is 18.2 Å². The van der Waals surface area contributed by atoms with Crippen molar-refractivity contribution < 1.29 is 15.0 Å². The molecule has 15 heavy (non-hydrogen) atoms. The highest BCUT2D eigenvalue weighted by atomic mass is 79.9. The third-order valence-electron chi connectivity index (χ3n) is 1.85. The van der Waals surface area contributed by atoms with Crippen molar-refractivity contribution in [1.82, 2.24) is 5.32 Å². The van der Waals surface area contributed by atoms with Gasteiger partial charge in [-0.2, -0.15) is 0 Å². The summed E-state index contributed by atoms with van der Waals surface area (Å²) in [6, 6.07) is 3.97. The topological polar surface area (TPSA) is 69.6 Å². The number of alkyl halides is 1. The molecule has 1 unspecified atom stereocenters.